The molecule has 1 aromatic heterocycles. The van der Waals surface area contributed by atoms with E-state index in [1.807, 2.05) is 6.92 Å². The summed E-state index contributed by atoms with van der Waals surface area (Å²) in [4.78, 5) is 10.2. The summed E-state index contributed by atoms with van der Waals surface area (Å²) in [7, 11) is -3.80. The first-order valence-electron chi connectivity index (χ1n) is 6.56. The molecule has 0 aromatic carbocycles. The van der Waals surface area contributed by atoms with Gasteiger partial charge in [-0.15, -0.1) is 0 Å². The summed E-state index contributed by atoms with van der Waals surface area (Å²) in [6, 6.07) is 1.04. The van der Waals surface area contributed by atoms with Gasteiger partial charge in [-0.25, -0.2) is 19.0 Å². The van der Waals surface area contributed by atoms with Gasteiger partial charge in [-0.05, 0) is 19.8 Å². The van der Waals surface area contributed by atoms with E-state index < -0.39 is 20.5 Å². The lowest BCUT2D eigenvalue weighted by molar-refractivity contribution is -0.383. The van der Waals surface area contributed by atoms with Crippen LogP contribution in [0.2, 0.25) is 0 Å². The molecule has 1 aliphatic carbocycles. The van der Waals surface area contributed by atoms with Gasteiger partial charge in [0.05, 0.1) is 4.92 Å². The van der Waals surface area contributed by atoms with Gasteiger partial charge in [-0.3, -0.25) is 10.1 Å². The smallest absolute Gasteiger partial charge is 0.306 e. The molecule has 0 saturated heterocycles. The van der Waals surface area contributed by atoms with Gasteiger partial charge in [0.2, 0.25) is 0 Å². The SMILES string of the molecule is CC1(NS(=O)(=O)c2cc([N+](=O)[O-])c(NN)s2)CCCCC1. The van der Waals surface area contributed by atoms with Crippen LogP contribution in [0.3, 0.4) is 0 Å². The Kier molecular flexibility index (Phi) is 4.51. The summed E-state index contributed by atoms with van der Waals surface area (Å²) in [5, 5.41) is 10.9. The number of sulfonamides is 1. The molecule has 2 rings (SSSR count). The number of nitrogens with one attached hydrogen (secondary N) is 2. The fraction of sp³-hybridized carbons (Fsp3) is 0.636. The maximum atomic E-state index is 12.4. The molecule has 0 amide bonds. The highest BCUT2D eigenvalue weighted by Gasteiger charge is 2.34. The van der Waals surface area contributed by atoms with E-state index in [-0.39, 0.29) is 14.9 Å². The third kappa shape index (κ3) is 3.51. The standard InChI is InChI=1S/C11H18N4O4S2/c1-11(5-3-2-4-6-11)14-21(18,19)9-7-8(15(16)17)10(13-12)20-9/h7,13-14H,2-6,12H2,1H3. The zero-order chi connectivity index (χ0) is 15.7. The molecule has 21 heavy (non-hydrogen) atoms. The molecule has 8 nitrogen and oxygen atoms in total. The second-order valence-corrected chi connectivity index (χ2v) is 8.37. The van der Waals surface area contributed by atoms with Crippen molar-refractivity contribution in [1.82, 2.24) is 4.72 Å². The predicted octanol–water partition coefficient (Wildman–Crippen LogP) is 1.94. The van der Waals surface area contributed by atoms with E-state index in [0.29, 0.717) is 0 Å². The van der Waals surface area contributed by atoms with Crippen molar-refractivity contribution >= 4 is 32.0 Å². The van der Waals surface area contributed by atoms with Gasteiger partial charge in [-0.1, -0.05) is 30.6 Å². The molecule has 1 fully saturated rings. The summed E-state index contributed by atoms with van der Waals surface area (Å²) >= 11 is 0.754. The number of hydrogen-bond acceptors (Lipinski definition) is 7. The second-order valence-electron chi connectivity index (χ2n) is 5.41. The van der Waals surface area contributed by atoms with Crippen LogP contribution < -0.4 is 16.0 Å². The van der Waals surface area contributed by atoms with Gasteiger partial charge >= 0.3 is 5.69 Å². The molecule has 0 atom stereocenters. The highest BCUT2D eigenvalue weighted by atomic mass is 32.2. The summed E-state index contributed by atoms with van der Waals surface area (Å²) in [5.74, 6) is 5.20. The predicted molar refractivity (Wildman–Crippen MR) is 80.6 cm³/mol. The lowest BCUT2D eigenvalue weighted by Gasteiger charge is -2.33. The maximum absolute atomic E-state index is 12.4. The molecule has 0 unspecified atom stereocenters. The number of nitrogens with zero attached hydrogens (tertiary/aromatic N) is 1. The molecular weight excluding hydrogens is 316 g/mol. The van der Waals surface area contributed by atoms with Crippen LogP contribution >= 0.6 is 11.3 Å². The van der Waals surface area contributed by atoms with E-state index in [0.717, 1.165) is 49.5 Å². The Bertz CT molecular complexity index is 635. The number of nitrogen functional groups attached to an aromatic ring is 1. The second kappa shape index (κ2) is 5.87. The Balaban J connectivity index is 2.29. The topological polar surface area (TPSA) is 127 Å². The molecule has 1 aliphatic rings. The quantitative estimate of drug-likeness (QED) is 0.429. The van der Waals surface area contributed by atoms with Crippen molar-refractivity contribution in [3.05, 3.63) is 16.2 Å². The van der Waals surface area contributed by atoms with E-state index >= 15 is 0 Å². The minimum absolute atomic E-state index is 0.0224. The summed E-state index contributed by atoms with van der Waals surface area (Å²) < 4.78 is 27.4. The van der Waals surface area contributed by atoms with Crippen molar-refractivity contribution in [3.8, 4) is 0 Å². The number of hydrazine groups is 1. The van der Waals surface area contributed by atoms with Crippen LogP contribution in [0.1, 0.15) is 39.0 Å². The number of hydrogen-bond donors (Lipinski definition) is 3. The zero-order valence-electron chi connectivity index (χ0n) is 11.6. The summed E-state index contributed by atoms with van der Waals surface area (Å²) in [6.07, 6.45) is 4.57. The van der Waals surface area contributed by atoms with Crippen LogP contribution in [0.5, 0.6) is 0 Å². The Hall–Kier alpha value is -1.23. The Morgan fingerprint density at radius 1 is 1.38 bits per heavy atom. The number of rotatable bonds is 5. The van der Waals surface area contributed by atoms with Crippen LogP contribution in [0.25, 0.3) is 0 Å². The van der Waals surface area contributed by atoms with Gasteiger partial charge in [0, 0.05) is 11.6 Å². The average molecular weight is 334 g/mol. The van der Waals surface area contributed by atoms with Crippen molar-refractivity contribution in [2.75, 3.05) is 5.43 Å². The molecule has 0 bridgehead atoms. The molecule has 0 radical (unpaired) electrons. The van der Waals surface area contributed by atoms with Crippen LogP contribution in [-0.2, 0) is 10.0 Å². The minimum Gasteiger partial charge on any atom is -0.310 e. The number of thiophene rings is 1. The molecule has 10 heteroatoms. The molecule has 118 valence electrons. The molecular formula is C11H18N4O4S2. The minimum atomic E-state index is -3.80. The van der Waals surface area contributed by atoms with Crippen molar-refractivity contribution in [2.45, 2.75) is 48.8 Å². The van der Waals surface area contributed by atoms with Crippen molar-refractivity contribution in [3.63, 3.8) is 0 Å². The molecule has 1 saturated carbocycles. The first-order chi connectivity index (χ1) is 9.77. The molecule has 0 aliphatic heterocycles. The van der Waals surface area contributed by atoms with Crippen molar-refractivity contribution < 1.29 is 13.3 Å². The van der Waals surface area contributed by atoms with Crippen molar-refractivity contribution in [1.29, 1.82) is 0 Å². The molecule has 1 heterocycles. The van der Waals surface area contributed by atoms with Crippen LogP contribution in [-0.4, -0.2) is 18.9 Å². The largest absolute Gasteiger partial charge is 0.310 e. The number of anilines is 1. The normalized spacial score (nSPS) is 18.4. The van der Waals surface area contributed by atoms with Gasteiger partial charge in [-0.2, -0.15) is 0 Å². The van der Waals surface area contributed by atoms with E-state index in [1.54, 1.807) is 0 Å². The van der Waals surface area contributed by atoms with E-state index in [4.69, 9.17) is 5.84 Å². The highest BCUT2D eigenvalue weighted by Crippen LogP contribution is 2.37. The molecule has 0 spiro atoms. The van der Waals surface area contributed by atoms with E-state index in [9.17, 15) is 18.5 Å². The fourth-order valence-corrected chi connectivity index (χ4v) is 5.24. The van der Waals surface area contributed by atoms with Gasteiger partial charge in [0.1, 0.15) is 4.21 Å². The van der Waals surface area contributed by atoms with Crippen LogP contribution in [0, 0.1) is 10.1 Å². The Labute approximate surface area is 126 Å². The third-order valence-corrected chi connectivity index (χ3v) is 6.79. The van der Waals surface area contributed by atoms with Gasteiger partial charge in [0.15, 0.2) is 5.00 Å². The lowest BCUT2D eigenvalue weighted by atomic mass is 9.84. The van der Waals surface area contributed by atoms with Crippen LogP contribution in [0.15, 0.2) is 10.3 Å². The number of nitrogens with two attached hydrogens (primary N) is 1. The molecule has 4 N–H and O–H groups in total. The zero-order valence-corrected chi connectivity index (χ0v) is 13.2. The third-order valence-electron chi connectivity index (χ3n) is 3.62. The van der Waals surface area contributed by atoms with Crippen LogP contribution in [0.4, 0.5) is 10.7 Å². The Morgan fingerprint density at radius 2 is 2.00 bits per heavy atom. The first kappa shape index (κ1) is 16.1. The summed E-state index contributed by atoms with van der Waals surface area (Å²) in [5.41, 5.74) is 1.34. The molecule has 1 aromatic rings. The van der Waals surface area contributed by atoms with E-state index in [1.165, 1.54) is 0 Å². The van der Waals surface area contributed by atoms with E-state index in [2.05, 4.69) is 10.1 Å². The van der Waals surface area contributed by atoms with Gasteiger partial charge in [0.25, 0.3) is 10.0 Å². The van der Waals surface area contributed by atoms with Crippen molar-refractivity contribution in [2.24, 2.45) is 5.84 Å². The maximum Gasteiger partial charge on any atom is 0.306 e. The summed E-state index contributed by atoms with van der Waals surface area (Å²) in [6.45, 7) is 1.87. The Morgan fingerprint density at radius 3 is 2.48 bits per heavy atom. The average Bonchev–Trinajstić information content (AvgIpc) is 2.83. The fourth-order valence-electron chi connectivity index (χ4n) is 2.54. The monoisotopic (exact) mass is 334 g/mol. The number of nitro groups is 1. The first-order valence-corrected chi connectivity index (χ1v) is 8.86. The highest BCUT2D eigenvalue weighted by molar-refractivity contribution is 7.91. The lowest BCUT2D eigenvalue weighted by Crippen LogP contribution is -2.46. The van der Waals surface area contributed by atoms with Gasteiger partial charge < -0.3 is 5.43 Å².